The number of pyridine rings is 1. The Balaban J connectivity index is 2.46. The number of carbonyl (C=O) groups excluding carboxylic acids is 1. The minimum Gasteiger partial charge on any atom is -0.396 e. The Morgan fingerprint density at radius 2 is 2.19 bits per heavy atom. The summed E-state index contributed by atoms with van der Waals surface area (Å²) in [5.41, 5.74) is 12.7. The van der Waals surface area contributed by atoms with Crippen molar-refractivity contribution in [2.24, 2.45) is 5.73 Å². The lowest BCUT2D eigenvalue weighted by atomic mass is 10.3. The standard InChI is InChI=1S/C10H11N5O/c1-6-2-8(11)10(13-3-6)15-5-7(4-14-15)9(12)16/h2-5H,11H2,1H3,(H2,12,16). The number of hydrogen-bond donors (Lipinski definition) is 2. The molecule has 16 heavy (non-hydrogen) atoms. The van der Waals surface area contributed by atoms with Crippen molar-refractivity contribution in [2.45, 2.75) is 6.92 Å². The van der Waals surface area contributed by atoms with E-state index in [2.05, 4.69) is 10.1 Å². The summed E-state index contributed by atoms with van der Waals surface area (Å²) in [6.07, 6.45) is 4.55. The molecule has 0 saturated carbocycles. The SMILES string of the molecule is Cc1cnc(-n2cc(C(N)=O)cn2)c(N)c1. The molecule has 0 spiro atoms. The van der Waals surface area contributed by atoms with Crippen LogP contribution in [0.25, 0.3) is 5.82 Å². The van der Waals surface area contributed by atoms with E-state index in [1.807, 2.05) is 6.92 Å². The van der Waals surface area contributed by atoms with Crippen LogP contribution in [-0.4, -0.2) is 20.7 Å². The van der Waals surface area contributed by atoms with Crippen LogP contribution in [0.3, 0.4) is 0 Å². The van der Waals surface area contributed by atoms with Crippen molar-refractivity contribution in [2.75, 3.05) is 5.73 Å². The fraction of sp³-hybridized carbons (Fsp3) is 0.100. The van der Waals surface area contributed by atoms with E-state index in [9.17, 15) is 4.79 Å². The maximum Gasteiger partial charge on any atom is 0.251 e. The zero-order valence-electron chi connectivity index (χ0n) is 8.71. The maximum atomic E-state index is 10.9. The molecular weight excluding hydrogens is 206 g/mol. The quantitative estimate of drug-likeness (QED) is 0.753. The zero-order valence-corrected chi connectivity index (χ0v) is 8.71. The van der Waals surface area contributed by atoms with Crippen LogP contribution in [0.4, 0.5) is 5.69 Å². The Morgan fingerprint density at radius 3 is 2.75 bits per heavy atom. The number of nitrogen functional groups attached to an aromatic ring is 1. The van der Waals surface area contributed by atoms with Gasteiger partial charge in [-0.2, -0.15) is 5.10 Å². The molecule has 0 atom stereocenters. The van der Waals surface area contributed by atoms with Crippen LogP contribution >= 0.6 is 0 Å². The van der Waals surface area contributed by atoms with E-state index in [1.165, 1.54) is 17.1 Å². The van der Waals surface area contributed by atoms with Gasteiger partial charge in [-0.3, -0.25) is 4.79 Å². The lowest BCUT2D eigenvalue weighted by Gasteiger charge is -2.04. The van der Waals surface area contributed by atoms with Crippen molar-refractivity contribution in [1.82, 2.24) is 14.8 Å². The van der Waals surface area contributed by atoms with Crippen LogP contribution in [0.1, 0.15) is 15.9 Å². The molecule has 0 unspecified atom stereocenters. The molecule has 2 rings (SSSR count). The van der Waals surface area contributed by atoms with E-state index in [-0.39, 0.29) is 0 Å². The van der Waals surface area contributed by atoms with Crippen molar-refractivity contribution in [3.05, 3.63) is 35.8 Å². The summed E-state index contributed by atoms with van der Waals surface area (Å²) in [4.78, 5) is 15.0. The van der Waals surface area contributed by atoms with Gasteiger partial charge < -0.3 is 11.5 Å². The van der Waals surface area contributed by atoms with Gasteiger partial charge in [0.05, 0.1) is 17.4 Å². The van der Waals surface area contributed by atoms with E-state index in [1.54, 1.807) is 12.3 Å². The fourth-order valence-electron chi connectivity index (χ4n) is 1.34. The third-order valence-electron chi connectivity index (χ3n) is 2.12. The van der Waals surface area contributed by atoms with Gasteiger partial charge in [-0.25, -0.2) is 9.67 Å². The monoisotopic (exact) mass is 217 g/mol. The van der Waals surface area contributed by atoms with Crippen molar-refractivity contribution >= 4 is 11.6 Å². The smallest absolute Gasteiger partial charge is 0.251 e. The molecule has 82 valence electrons. The van der Waals surface area contributed by atoms with Crippen LogP contribution < -0.4 is 11.5 Å². The van der Waals surface area contributed by atoms with Crippen LogP contribution in [0.5, 0.6) is 0 Å². The predicted molar refractivity (Wildman–Crippen MR) is 59.0 cm³/mol. The van der Waals surface area contributed by atoms with Gasteiger partial charge >= 0.3 is 0 Å². The maximum absolute atomic E-state index is 10.9. The molecule has 0 saturated heterocycles. The first-order valence-corrected chi connectivity index (χ1v) is 4.65. The van der Waals surface area contributed by atoms with E-state index < -0.39 is 5.91 Å². The van der Waals surface area contributed by atoms with E-state index in [4.69, 9.17) is 11.5 Å². The van der Waals surface area contributed by atoms with E-state index >= 15 is 0 Å². The Hall–Kier alpha value is -2.37. The van der Waals surface area contributed by atoms with Gasteiger partial charge in [0.15, 0.2) is 5.82 Å². The van der Waals surface area contributed by atoms with Crippen LogP contribution in [0.15, 0.2) is 24.7 Å². The average molecular weight is 217 g/mol. The molecule has 2 aromatic heterocycles. The second-order valence-corrected chi connectivity index (χ2v) is 3.46. The number of aromatic nitrogens is 3. The predicted octanol–water partition coefficient (Wildman–Crippen LogP) is 0.257. The van der Waals surface area contributed by atoms with Crippen molar-refractivity contribution in [3.8, 4) is 5.82 Å². The molecule has 4 N–H and O–H groups in total. The van der Waals surface area contributed by atoms with E-state index in [0.29, 0.717) is 17.1 Å². The first-order chi connectivity index (χ1) is 7.58. The second-order valence-electron chi connectivity index (χ2n) is 3.46. The topological polar surface area (TPSA) is 99.8 Å². The van der Waals surface area contributed by atoms with Gasteiger partial charge in [-0.1, -0.05) is 0 Å². The van der Waals surface area contributed by atoms with Crippen molar-refractivity contribution in [3.63, 3.8) is 0 Å². The first-order valence-electron chi connectivity index (χ1n) is 4.65. The number of carbonyl (C=O) groups is 1. The first kappa shape index (κ1) is 10.2. The molecule has 0 aliphatic heterocycles. The lowest BCUT2D eigenvalue weighted by Crippen LogP contribution is -2.09. The zero-order chi connectivity index (χ0) is 11.7. The third kappa shape index (κ3) is 1.72. The Kier molecular flexibility index (Phi) is 2.32. The average Bonchev–Trinajstić information content (AvgIpc) is 2.66. The fourth-order valence-corrected chi connectivity index (χ4v) is 1.34. The van der Waals surface area contributed by atoms with Gasteiger partial charge in [0, 0.05) is 12.4 Å². The summed E-state index contributed by atoms with van der Waals surface area (Å²) in [6, 6.07) is 1.79. The summed E-state index contributed by atoms with van der Waals surface area (Å²) >= 11 is 0. The van der Waals surface area contributed by atoms with Gasteiger partial charge in [-0.05, 0) is 18.6 Å². The van der Waals surface area contributed by atoms with Crippen LogP contribution in [0.2, 0.25) is 0 Å². The summed E-state index contributed by atoms with van der Waals surface area (Å²) in [6.45, 7) is 1.89. The second kappa shape index (κ2) is 3.65. The Bertz CT molecular complexity index is 546. The Morgan fingerprint density at radius 1 is 1.44 bits per heavy atom. The summed E-state index contributed by atoms with van der Waals surface area (Å²) < 4.78 is 1.43. The molecule has 2 aromatic rings. The highest BCUT2D eigenvalue weighted by Gasteiger charge is 2.08. The van der Waals surface area contributed by atoms with Crippen LogP contribution in [-0.2, 0) is 0 Å². The molecule has 0 aliphatic carbocycles. The molecule has 2 heterocycles. The highest BCUT2D eigenvalue weighted by molar-refractivity contribution is 5.92. The third-order valence-corrected chi connectivity index (χ3v) is 2.12. The van der Waals surface area contributed by atoms with Crippen molar-refractivity contribution in [1.29, 1.82) is 0 Å². The number of nitrogens with two attached hydrogens (primary N) is 2. The highest BCUT2D eigenvalue weighted by Crippen LogP contribution is 2.14. The highest BCUT2D eigenvalue weighted by atomic mass is 16.1. The molecule has 0 bridgehead atoms. The number of nitrogens with zero attached hydrogens (tertiary/aromatic N) is 3. The lowest BCUT2D eigenvalue weighted by molar-refractivity contribution is 0.100. The number of aryl methyl sites for hydroxylation is 1. The minimum atomic E-state index is -0.531. The molecular formula is C10H11N5O. The minimum absolute atomic E-state index is 0.321. The van der Waals surface area contributed by atoms with Crippen molar-refractivity contribution < 1.29 is 4.79 Å². The van der Waals surface area contributed by atoms with Gasteiger partial charge in [0.1, 0.15) is 0 Å². The summed E-state index contributed by atoms with van der Waals surface area (Å²) in [5.74, 6) is -0.0463. The normalized spacial score (nSPS) is 10.3. The van der Waals surface area contributed by atoms with E-state index in [0.717, 1.165) is 5.56 Å². The number of anilines is 1. The molecule has 6 nitrogen and oxygen atoms in total. The number of rotatable bonds is 2. The number of primary amides is 1. The molecule has 0 aromatic carbocycles. The van der Waals surface area contributed by atoms with Crippen LogP contribution in [0, 0.1) is 6.92 Å². The molecule has 0 fully saturated rings. The van der Waals surface area contributed by atoms with Gasteiger partial charge in [0.2, 0.25) is 0 Å². The summed E-state index contributed by atoms with van der Waals surface area (Å²) in [5, 5.41) is 3.97. The molecule has 0 aliphatic rings. The number of amides is 1. The summed E-state index contributed by atoms with van der Waals surface area (Å²) in [7, 11) is 0. The molecule has 0 radical (unpaired) electrons. The largest absolute Gasteiger partial charge is 0.396 e. The molecule has 6 heteroatoms. The number of hydrogen-bond acceptors (Lipinski definition) is 4. The van der Waals surface area contributed by atoms with Gasteiger partial charge in [0.25, 0.3) is 5.91 Å². The molecule has 1 amide bonds. The Labute approximate surface area is 91.9 Å². The van der Waals surface area contributed by atoms with Gasteiger partial charge in [-0.15, -0.1) is 0 Å².